The Hall–Kier alpha value is -8.31. The molecule has 0 bridgehead atoms. The van der Waals surface area contributed by atoms with E-state index in [2.05, 4.69) is 47.2 Å². The highest BCUT2D eigenvalue weighted by Crippen LogP contribution is 2.25. The Kier molecular flexibility index (Phi) is 28.4. The van der Waals surface area contributed by atoms with Crippen LogP contribution in [0.25, 0.3) is 0 Å². The third-order valence-corrected chi connectivity index (χ3v) is 12.9. The molecule has 1 aromatic heterocycles. The number of carbonyl (C=O) groups excluding carboxylic acids is 8. The number of guanidine groups is 1. The van der Waals surface area contributed by atoms with Crippen LogP contribution in [0.5, 0.6) is 0 Å². The predicted molar refractivity (Wildman–Crippen MR) is 302 cm³/mol. The highest BCUT2D eigenvalue weighted by molar-refractivity contribution is 6.13. The van der Waals surface area contributed by atoms with E-state index in [0.717, 1.165) is 42.7 Å². The zero-order chi connectivity index (χ0) is 58.9. The number of aromatic nitrogens is 1. The van der Waals surface area contributed by atoms with Gasteiger partial charge < -0.3 is 60.5 Å². The molecule has 25 heteroatoms. The standard InChI is InChI=1S/C57H76N12O13/c1-40(2)52(67-49(71)21-28-78-30-32-80-34-35-81-33-31-79-29-24-60-48(70)20-27-69-50(72)16-17-51(69)73)54(75)63-41(3)53(74)64-45-14-12-43(13-15-45)38-82-57(77)66-46-10-6-9-44(36-46)55(76)68-25-18-42(19-26-68)8-4-5-23-61-56(62-39-58)65-47-11-7-22-59-37-47/h6-7,9-17,22,36-37,40-42,52H,4-5,8,18-21,23-35,38H2,1-3H3,(H,60,70)(H,63,75)(H,64,74)(H,66,77)(H,67,71)(H2,61,62,65)/t41-,52-/m0/s1. The van der Waals surface area contributed by atoms with Gasteiger partial charge in [0.15, 0.2) is 0 Å². The smallest absolute Gasteiger partial charge is 0.411 e. The van der Waals surface area contributed by atoms with Crippen LogP contribution in [0.15, 0.2) is 90.2 Å². The van der Waals surface area contributed by atoms with Crippen molar-refractivity contribution in [1.29, 1.82) is 5.26 Å². The number of hydrogen-bond donors (Lipinski definition) is 7. The van der Waals surface area contributed by atoms with Crippen LogP contribution in [0, 0.1) is 23.3 Å². The Bertz CT molecular complexity index is 2640. The number of unbranched alkanes of at least 4 members (excludes halogenated alkanes) is 1. The minimum Gasteiger partial charge on any atom is -0.444 e. The number of nitrogens with zero attached hydrogens (tertiary/aromatic N) is 5. The maximum atomic E-state index is 13.4. The predicted octanol–water partition coefficient (Wildman–Crippen LogP) is 3.86. The lowest BCUT2D eigenvalue weighted by Gasteiger charge is -2.32. The Labute approximate surface area is 477 Å². The average Bonchev–Trinajstić information content (AvgIpc) is 3.91. The molecule has 0 unspecified atom stereocenters. The van der Waals surface area contributed by atoms with E-state index < -0.39 is 47.7 Å². The Morgan fingerprint density at radius 3 is 2.04 bits per heavy atom. The van der Waals surface area contributed by atoms with E-state index in [1.54, 1.807) is 80.8 Å². The first-order chi connectivity index (χ1) is 39.7. The summed E-state index contributed by atoms with van der Waals surface area (Å²) in [6.45, 7) is 9.40. The number of nitrogens with one attached hydrogen (secondary N) is 7. The second-order valence-corrected chi connectivity index (χ2v) is 19.5. The molecule has 7 N–H and O–H groups in total. The number of rotatable bonds is 34. The highest BCUT2D eigenvalue weighted by atomic mass is 16.6. The van der Waals surface area contributed by atoms with E-state index in [0.29, 0.717) is 80.4 Å². The molecule has 82 heavy (non-hydrogen) atoms. The summed E-state index contributed by atoms with van der Waals surface area (Å²) in [7, 11) is 0. The molecule has 2 aliphatic rings. The van der Waals surface area contributed by atoms with Crippen LogP contribution in [-0.4, -0.2) is 166 Å². The zero-order valence-corrected chi connectivity index (χ0v) is 46.8. The van der Waals surface area contributed by atoms with Crippen LogP contribution in [0.2, 0.25) is 0 Å². The van der Waals surface area contributed by atoms with Crippen LogP contribution in [0.1, 0.15) is 81.6 Å². The molecule has 1 saturated heterocycles. The zero-order valence-electron chi connectivity index (χ0n) is 46.8. The van der Waals surface area contributed by atoms with Crippen molar-refractivity contribution in [2.24, 2.45) is 16.8 Å². The lowest BCUT2D eigenvalue weighted by atomic mass is 9.91. The van der Waals surface area contributed by atoms with E-state index in [1.165, 1.54) is 19.1 Å². The van der Waals surface area contributed by atoms with Gasteiger partial charge in [-0.15, -0.1) is 4.99 Å². The Morgan fingerprint density at radius 2 is 1.38 bits per heavy atom. The third kappa shape index (κ3) is 24.2. The number of hydrogen-bond acceptors (Lipinski definition) is 16. The monoisotopic (exact) mass is 1140 g/mol. The maximum absolute atomic E-state index is 13.4. The van der Waals surface area contributed by atoms with Gasteiger partial charge in [-0.05, 0) is 86.1 Å². The molecular formula is C57H76N12O13. The minimum atomic E-state index is -0.948. The quantitative estimate of drug-likeness (QED) is 0.0147. The van der Waals surface area contributed by atoms with Gasteiger partial charge in [-0.3, -0.25) is 48.8 Å². The molecule has 2 atom stereocenters. The van der Waals surface area contributed by atoms with Crippen molar-refractivity contribution in [1.82, 2.24) is 36.1 Å². The summed E-state index contributed by atoms with van der Waals surface area (Å²) in [5, 5.41) is 28.8. The number of anilines is 3. The first-order valence-electron chi connectivity index (χ1n) is 27.5. The van der Waals surface area contributed by atoms with Gasteiger partial charge in [-0.2, -0.15) is 5.26 Å². The van der Waals surface area contributed by atoms with Gasteiger partial charge in [0, 0.05) is 80.9 Å². The van der Waals surface area contributed by atoms with E-state index >= 15 is 0 Å². The molecule has 0 spiro atoms. The molecule has 5 rings (SSSR count). The minimum absolute atomic E-state index is 0.000959. The van der Waals surface area contributed by atoms with Gasteiger partial charge in [0.1, 0.15) is 18.7 Å². The summed E-state index contributed by atoms with van der Waals surface area (Å²) in [6, 6.07) is 15.1. The topological polar surface area (TPSA) is 322 Å². The Morgan fingerprint density at radius 1 is 0.707 bits per heavy atom. The van der Waals surface area contributed by atoms with Gasteiger partial charge in [-0.25, -0.2) is 4.79 Å². The number of pyridine rings is 1. The van der Waals surface area contributed by atoms with Gasteiger partial charge in [0.05, 0.1) is 64.7 Å². The number of aliphatic imine (C=N–C) groups is 1. The maximum Gasteiger partial charge on any atom is 0.411 e. The summed E-state index contributed by atoms with van der Waals surface area (Å²) >= 11 is 0. The van der Waals surface area contributed by atoms with Gasteiger partial charge in [0.2, 0.25) is 35.8 Å². The summed E-state index contributed by atoms with van der Waals surface area (Å²) in [5.41, 5.74) is 2.69. The van der Waals surface area contributed by atoms with E-state index in [9.17, 15) is 38.4 Å². The molecule has 2 aliphatic heterocycles. The fourth-order valence-corrected chi connectivity index (χ4v) is 8.37. The van der Waals surface area contributed by atoms with Crippen molar-refractivity contribution in [3.05, 3.63) is 96.3 Å². The van der Waals surface area contributed by atoms with Crippen LogP contribution in [0.3, 0.4) is 0 Å². The summed E-state index contributed by atoms with van der Waals surface area (Å²) < 4.78 is 27.3. The molecule has 442 valence electrons. The number of nitriles is 1. The molecule has 8 amide bonds. The molecule has 0 saturated carbocycles. The van der Waals surface area contributed by atoms with E-state index in [4.69, 9.17) is 28.9 Å². The number of benzene rings is 2. The number of likely N-dealkylation sites (tertiary alicyclic amines) is 1. The summed E-state index contributed by atoms with van der Waals surface area (Å²) in [5.74, 6) is -2.07. The second kappa shape index (κ2) is 36.1. The Balaban J connectivity index is 0.868. The molecule has 3 aromatic rings. The van der Waals surface area contributed by atoms with Gasteiger partial charge >= 0.3 is 6.09 Å². The van der Waals surface area contributed by atoms with Crippen molar-refractivity contribution in [2.75, 3.05) is 102 Å². The average molecular weight is 1140 g/mol. The molecule has 3 heterocycles. The molecule has 1 fully saturated rings. The van der Waals surface area contributed by atoms with Crippen molar-refractivity contribution in [3.63, 3.8) is 0 Å². The van der Waals surface area contributed by atoms with Crippen molar-refractivity contribution in [3.8, 4) is 6.19 Å². The SMILES string of the molecule is CC(C)[C@H](NC(=O)CCOCCOCCOCCOCCNC(=O)CCN1C(=O)C=CC1=O)C(=O)N[C@@H](C)C(=O)Nc1ccc(COC(=O)Nc2cccc(C(=O)N3CCC(CCCCN/C(=N\C#N)Nc4cccnc4)CC3)c2)cc1. The van der Waals surface area contributed by atoms with E-state index in [1.807, 2.05) is 17.2 Å². The second-order valence-electron chi connectivity index (χ2n) is 19.5. The van der Waals surface area contributed by atoms with E-state index in [-0.39, 0.29) is 76.7 Å². The highest BCUT2D eigenvalue weighted by Gasteiger charge is 2.28. The van der Waals surface area contributed by atoms with Crippen molar-refractivity contribution < 1.29 is 62.0 Å². The first-order valence-corrected chi connectivity index (χ1v) is 27.5. The van der Waals surface area contributed by atoms with Crippen LogP contribution in [-0.2, 0) is 59.1 Å². The molecule has 2 aromatic carbocycles. The number of amides is 8. The summed E-state index contributed by atoms with van der Waals surface area (Å²) in [4.78, 5) is 111. The molecule has 25 nitrogen and oxygen atoms in total. The third-order valence-electron chi connectivity index (χ3n) is 12.9. The number of carbonyl (C=O) groups is 8. The van der Waals surface area contributed by atoms with Crippen LogP contribution >= 0.6 is 0 Å². The normalized spacial score (nSPS) is 14.2. The lowest BCUT2D eigenvalue weighted by Crippen LogP contribution is -2.53. The first kappa shape index (κ1) is 64.5. The fraction of sp³-hybridized carbons (Fsp3) is 0.491. The summed E-state index contributed by atoms with van der Waals surface area (Å²) in [6.07, 6.45) is 11.5. The number of ether oxygens (including phenoxy) is 5. The van der Waals surface area contributed by atoms with Crippen LogP contribution < -0.4 is 37.2 Å². The number of piperidine rings is 1. The van der Waals surface area contributed by atoms with Gasteiger partial charge in [0.25, 0.3) is 17.7 Å². The van der Waals surface area contributed by atoms with Crippen molar-refractivity contribution in [2.45, 2.75) is 84.4 Å². The van der Waals surface area contributed by atoms with Crippen molar-refractivity contribution >= 4 is 70.5 Å². The fourth-order valence-electron chi connectivity index (χ4n) is 8.37. The molecular weight excluding hydrogens is 1060 g/mol. The number of imide groups is 1. The molecule has 0 aliphatic carbocycles. The van der Waals surface area contributed by atoms with Crippen LogP contribution in [0.4, 0.5) is 21.9 Å². The van der Waals surface area contributed by atoms with Gasteiger partial charge in [-0.1, -0.05) is 44.9 Å². The largest absolute Gasteiger partial charge is 0.444 e. The lowest BCUT2D eigenvalue weighted by molar-refractivity contribution is -0.137. The molecule has 0 radical (unpaired) electrons.